The molecule has 3 heterocycles. The molecule has 3 N–H and O–H groups in total. The van der Waals surface area contributed by atoms with Crippen molar-refractivity contribution < 1.29 is 14.0 Å². The van der Waals surface area contributed by atoms with Gasteiger partial charge < -0.3 is 14.8 Å². The Morgan fingerprint density at radius 1 is 1.22 bits per heavy atom. The largest absolute Gasteiger partial charge is 0.353 e. The van der Waals surface area contributed by atoms with Crippen molar-refractivity contribution in [1.82, 2.24) is 25.6 Å². The summed E-state index contributed by atoms with van der Waals surface area (Å²) in [4.78, 5) is 27.2. The predicted octanol–water partition coefficient (Wildman–Crippen LogP) is 0.772. The van der Waals surface area contributed by atoms with Crippen LogP contribution < -0.4 is 16.2 Å². The minimum Gasteiger partial charge on any atom is -0.353 e. The number of amides is 2. The average molecular weight is 371 g/mol. The molecule has 4 rings (SSSR count). The van der Waals surface area contributed by atoms with E-state index in [-0.39, 0.29) is 17.9 Å². The maximum absolute atomic E-state index is 13.7. The van der Waals surface area contributed by atoms with E-state index in [1.165, 1.54) is 12.1 Å². The van der Waals surface area contributed by atoms with Crippen LogP contribution in [0.25, 0.3) is 0 Å². The highest BCUT2D eigenvalue weighted by Crippen LogP contribution is 2.28. The Bertz CT molecular complexity index is 867. The summed E-state index contributed by atoms with van der Waals surface area (Å²) in [5.41, 5.74) is 7.78. The first-order valence-electron chi connectivity index (χ1n) is 9.00. The maximum Gasteiger partial charge on any atom is 0.247 e. The lowest BCUT2D eigenvalue weighted by Crippen LogP contribution is -2.56. The van der Waals surface area contributed by atoms with Crippen LogP contribution in [0.5, 0.6) is 0 Å². The second-order valence-corrected chi connectivity index (χ2v) is 6.95. The minimum absolute atomic E-state index is 0.00480. The van der Waals surface area contributed by atoms with Crippen LogP contribution in [0, 0.1) is 5.82 Å². The Labute approximate surface area is 156 Å². The highest BCUT2D eigenvalue weighted by Gasteiger charge is 2.40. The number of hydrogen-bond donors (Lipinski definition) is 3. The van der Waals surface area contributed by atoms with Gasteiger partial charge in [0.05, 0.1) is 6.04 Å². The standard InChI is InChI=1S/C19H22FN5O2/c1-24-8-3-6-16(24)14-11-15(23-22-14)19(27)25-9-7-21-18(26)17(25)12-4-2-5-13(20)10-12/h2-6,8,10,14-15,17,22-23H,7,9,11H2,1H3,(H,21,26). The van der Waals surface area contributed by atoms with E-state index in [2.05, 4.69) is 16.2 Å². The third kappa shape index (κ3) is 3.33. The van der Waals surface area contributed by atoms with Crippen LogP contribution in [0.1, 0.15) is 29.8 Å². The third-order valence-electron chi connectivity index (χ3n) is 5.20. The van der Waals surface area contributed by atoms with Gasteiger partial charge in [0.1, 0.15) is 17.9 Å². The SMILES string of the molecule is Cn1cccc1C1CC(C(=O)N2CCNC(=O)C2c2cccc(F)c2)NN1. The van der Waals surface area contributed by atoms with Gasteiger partial charge in [0.25, 0.3) is 0 Å². The highest BCUT2D eigenvalue weighted by molar-refractivity contribution is 5.91. The van der Waals surface area contributed by atoms with E-state index in [1.807, 2.05) is 29.9 Å². The lowest BCUT2D eigenvalue weighted by atomic mass is 9.99. The number of nitrogens with one attached hydrogen (secondary N) is 3. The zero-order valence-corrected chi connectivity index (χ0v) is 15.0. The summed E-state index contributed by atoms with van der Waals surface area (Å²) in [6.07, 6.45) is 2.53. The zero-order valence-electron chi connectivity index (χ0n) is 15.0. The molecule has 8 heteroatoms. The Morgan fingerprint density at radius 3 is 2.81 bits per heavy atom. The number of halogens is 1. The van der Waals surface area contributed by atoms with Crippen molar-refractivity contribution in [1.29, 1.82) is 0 Å². The van der Waals surface area contributed by atoms with Crippen LogP contribution in [-0.4, -0.2) is 40.4 Å². The lowest BCUT2D eigenvalue weighted by Gasteiger charge is -2.36. The number of benzene rings is 1. The molecule has 2 aliphatic rings. The summed E-state index contributed by atoms with van der Waals surface area (Å²) in [5, 5.41) is 2.77. The van der Waals surface area contributed by atoms with E-state index in [4.69, 9.17) is 0 Å². The zero-order chi connectivity index (χ0) is 19.0. The smallest absolute Gasteiger partial charge is 0.247 e. The first kappa shape index (κ1) is 17.7. The Kier molecular flexibility index (Phi) is 4.67. The molecule has 1 aromatic carbocycles. The van der Waals surface area contributed by atoms with Crippen molar-refractivity contribution in [3.63, 3.8) is 0 Å². The molecule has 2 aliphatic heterocycles. The molecule has 3 atom stereocenters. The number of aromatic nitrogens is 1. The summed E-state index contributed by atoms with van der Waals surface area (Å²) < 4.78 is 15.7. The molecule has 2 saturated heterocycles. The minimum atomic E-state index is -0.821. The molecule has 2 aromatic rings. The molecule has 2 fully saturated rings. The molecule has 0 aliphatic carbocycles. The number of piperazine rings is 1. The van der Waals surface area contributed by atoms with E-state index < -0.39 is 17.9 Å². The molecule has 0 spiro atoms. The maximum atomic E-state index is 13.7. The topological polar surface area (TPSA) is 78.4 Å². The third-order valence-corrected chi connectivity index (χ3v) is 5.20. The predicted molar refractivity (Wildman–Crippen MR) is 96.7 cm³/mol. The number of carbonyl (C=O) groups is 2. The highest BCUT2D eigenvalue weighted by atomic mass is 19.1. The van der Waals surface area contributed by atoms with E-state index in [1.54, 1.807) is 17.0 Å². The summed E-state index contributed by atoms with van der Waals surface area (Å²) in [7, 11) is 1.96. The normalized spacial score (nSPS) is 25.5. The van der Waals surface area contributed by atoms with Crippen LogP contribution in [-0.2, 0) is 16.6 Å². The summed E-state index contributed by atoms with van der Waals surface area (Å²) >= 11 is 0. The Hall–Kier alpha value is -2.71. The second-order valence-electron chi connectivity index (χ2n) is 6.95. The van der Waals surface area contributed by atoms with Crippen molar-refractivity contribution in [3.8, 4) is 0 Å². The van der Waals surface area contributed by atoms with E-state index in [0.717, 1.165) is 5.69 Å². The van der Waals surface area contributed by atoms with Gasteiger partial charge in [-0.1, -0.05) is 12.1 Å². The fourth-order valence-electron chi connectivity index (χ4n) is 3.86. The fourth-order valence-corrected chi connectivity index (χ4v) is 3.86. The second kappa shape index (κ2) is 7.13. The van der Waals surface area contributed by atoms with Gasteiger partial charge in [-0.15, -0.1) is 0 Å². The van der Waals surface area contributed by atoms with Gasteiger partial charge in [0.2, 0.25) is 11.8 Å². The molecule has 0 radical (unpaired) electrons. The summed E-state index contributed by atoms with van der Waals surface area (Å²) in [6.45, 7) is 0.774. The van der Waals surface area contributed by atoms with E-state index in [0.29, 0.717) is 25.1 Å². The molecule has 7 nitrogen and oxygen atoms in total. The quantitative estimate of drug-likeness (QED) is 0.745. The Balaban J connectivity index is 1.54. The molecule has 3 unspecified atom stereocenters. The van der Waals surface area contributed by atoms with Crippen LogP contribution in [0.2, 0.25) is 0 Å². The van der Waals surface area contributed by atoms with Crippen LogP contribution in [0.15, 0.2) is 42.6 Å². The number of carbonyl (C=O) groups excluding carboxylic acids is 2. The van der Waals surface area contributed by atoms with Crippen molar-refractivity contribution in [3.05, 3.63) is 59.7 Å². The van der Waals surface area contributed by atoms with Crippen LogP contribution in [0.4, 0.5) is 4.39 Å². The molecule has 2 amide bonds. The summed E-state index contributed by atoms with van der Waals surface area (Å²) in [5.74, 6) is -0.879. The van der Waals surface area contributed by atoms with Crippen LogP contribution >= 0.6 is 0 Å². The molecule has 27 heavy (non-hydrogen) atoms. The molecular weight excluding hydrogens is 349 g/mol. The fraction of sp³-hybridized carbons (Fsp3) is 0.368. The monoisotopic (exact) mass is 371 g/mol. The number of nitrogens with zero attached hydrogens (tertiary/aromatic N) is 2. The van der Waals surface area contributed by atoms with Gasteiger partial charge >= 0.3 is 0 Å². The molecule has 1 aromatic heterocycles. The van der Waals surface area contributed by atoms with Crippen molar-refractivity contribution in [2.45, 2.75) is 24.5 Å². The molecule has 0 bridgehead atoms. The molecule has 0 saturated carbocycles. The first-order valence-corrected chi connectivity index (χ1v) is 9.00. The average Bonchev–Trinajstić information content (AvgIpc) is 3.29. The van der Waals surface area contributed by atoms with E-state index >= 15 is 0 Å². The molecule has 142 valence electrons. The van der Waals surface area contributed by atoms with Gasteiger partial charge in [0, 0.05) is 32.0 Å². The Morgan fingerprint density at radius 2 is 2.07 bits per heavy atom. The number of aryl methyl sites for hydroxylation is 1. The van der Waals surface area contributed by atoms with Gasteiger partial charge in [-0.2, -0.15) is 0 Å². The van der Waals surface area contributed by atoms with Gasteiger partial charge in [-0.25, -0.2) is 15.2 Å². The molecular formula is C19H22FN5O2. The lowest BCUT2D eigenvalue weighted by molar-refractivity contribution is -0.144. The van der Waals surface area contributed by atoms with E-state index in [9.17, 15) is 14.0 Å². The van der Waals surface area contributed by atoms with Gasteiger partial charge in [-0.05, 0) is 36.2 Å². The van der Waals surface area contributed by atoms with Gasteiger partial charge in [0.15, 0.2) is 0 Å². The number of hydrazine groups is 1. The van der Waals surface area contributed by atoms with Gasteiger partial charge in [-0.3, -0.25) is 9.59 Å². The number of hydrogen-bond acceptors (Lipinski definition) is 4. The van der Waals surface area contributed by atoms with Crippen molar-refractivity contribution >= 4 is 11.8 Å². The number of rotatable bonds is 3. The van der Waals surface area contributed by atoms with Crippen LogP contribution in [0.3, 0.4) is 0 Å². The van der Waals surface area contributed by atoms with Crippen molar-refractivity contribution in [2.75, 3.05) is 13.1 Å². The first-order chi connectivity index (χ1) is 13.0. The summed E-state index contributed by atoms with van der Waals surface area (Å²) in [6, 6.07) is 8.56. The van der Waals surface area contributed by atoms with Crippen molar-refractivity contribution in [2.24, 2.45) is 7.05 Å².